The van der Waals surface area contributed by atoms with Crippen molar-refractivity contribution in [2.75, 3.05) is 0 Å². The van der Waals surface area contributed by atoms with Crippen molar-refractivity contribution >= 4 is 0 Å². The quantitative estimate of drug-likeness (QED) is 0.146. The van der Waals surface area contributed by atoms with Crippen molar-refractivity contribution in [3.8, 4) is 22.5 Å². The van der Waals surface area contributed by atoms with Gasteiger partial charge in [-0.1, -0.05) is 53.6 Å². The maximum absolute atomic E-state index is 13.8. The topological polar surface area (TPSA) is 38.7 Å². The minimum atomic E-state index is -0.826. The molecule has 3 heterocycles. The molecule has 0 aliphatic rings. The molecule has 0 amide bonds. The van der Waals surface area contributed by atoms with E-state index < -0.39 is 23.3 Å². The predicted octanol–water partition coefficient (Wildman–Crippen LogP) is 7.37. The van der Waals surface area contributed by atoms with Gasteiger partial charge in [0.15, 0.2) is 0 Å². The molecule has 2 aromatic carbocycles. The zero-order valence-corrected chi connectivity index (χ0v) is 22.6. The van der Waals surface area contributed by atoms with E-state index in [4.69, 9.17) is 0 Å². The average Bonchev–Trinajstić information content (AvgIpc) is 2.90. The molecule has 0 bridgehead atoms. The summed E-state index contributed by atoms with van der Waals surface area (Å²) in [5.41, 5.74) is 2.20. The minimum Gasteiger partial charge on any atom is -0.345 e. The van der Waals surface area contributed by atoms with Crippen molar-refractivity contribution in [2.24, 2.45) is 0 Å². The number of hydrogen-bond acceptors (Lipinski definition) is 3. The molecule has 5 aromatic rings. The van der Waals surface area contributed by atoms with E-state index in [-0.39, 0.29) is 49.0 Å². The maximum atomic E-state index is 13.8. The zero-order chi connectivity index (χ0) is 26.4. The predicted molar refractivity (Wildman–Crippen MR) is 133 cm³/mol. The fraction of sp³-hybridized carbons (Fsp3) is 0.100. The minimum absolute atomic E-state index is 0. The van der Waals surface area contributed by atoms with Gasteiger partial charge in [-0.3, -0.25) is 27.5 Å². The smallest absolute Gasteiger partial charge is 0.345 e. The average molecular weight is 695 g/mol. The third-order valence-corrected chi connectivity index (χ3v) is 5.59. The normalized spacial score (nSPS) is 10.7. The Morgan fingerprint density at radius 1 is 0.632 bits per heavy atom. The summed E-state index contributed by atoms with van der Waals surface area (Å²) in [6.45, 7) is 4.27. The van der Waals surface area contributed by atoms with Crippen molar-refractivity contribution in [1.29, 1.82) is 0 Å². The fourth-order valence-corrected chi connectivity index (χ4v) is 3.59. The van der Waals surface area contributed by atoms with Gasteiger partial charge in [0.1, 0.15) is 0 Å². The van der Waals surface area contributed by atoms with Gasteiger partial charge in [-0.15, -0.1) is 24.3 Å². The van der Waals surface area contributed by atoms with E-state index in [0.29, 0.717) is 12.1 Å². The van der Waals surface area contributed by atoms with Crippen molar-refractivity contribution in [2.45, 2.75) is 19.3 Å². The van der Waals surface area contributed by atoms with Crippen LogP contribution in [0.5, 0.6) is 0 Å². The van der Waals surface area contributed by atoms with Gasteiger partial charge in [0.2, 0.25) is 0 Å². The molecule has 194 valence electrons. The van der Waals surface area contributed by atoms with E-state index in [1.807, 2.05) is 48.8 Å². The number of hydrogen-bond donors (Lipinski definition) is 0. The first kappa shape index (κ1) is 28.9. The van der Waals surface area contributed by atoms with E-state index in [1.165, 1.54) is 18.2 Å². The first-order chi connectivity index (χ1) is 17.8. The van der Waals surface area contributed by atoms with E-state index in [9.17, 15) is 17.6 Å². The third-order valence-electron chi connectivity index (χ3n) is 5.59. The molecule has 0 unspecified atom stereocenters. The summed E-state index contributed by atoms with van der Waals surface area (Å²) < 4.78 is 53.4. The first-order valence-corrected chi connectivity index (χ1v) is 11.3. The summed E-state index contributed by atoms with van der Waals surface area (Å²) in [5.74, 6) is -3.16. The van der Waals surface area contributed by atoms with Crippen molar-refractivity contribution in [1.82, 2.24) is 15.0 Å². The van der Waals surface area contributed by atoms with E-state index in [1.54, 1.807) is 0 Å². The van der Waals surface area contributed by atoms with Crippen LogP contribution in [0.3, 0.4) is 0 Å². The number of rotatable bonds is 4. The summed E-state index contributed by atoms with van der Waals surface area (Å²) in [6.07, 6.45) is 3.64. The molecule has 3 aromatic heterocycles. The van der Waals surface area contributed by atoms with Crippen molar-refractivity contribution < 1.29 is 38.6 Å². The monoisotopic (exact) mass is 694 g/mol. The summed E-state index contributed by atoms with van der Waals surface area (Å²) in [7, 11) is 0. The molecule has 0 atom stereocenters. The van der Waals surface area contributed by atoms with E-state index >= 15 is 0 Å². The van der Waals surface area contributed by atoms with Crippen LogP contribution in [0.15, 0.2) is 91.3 Å². The second kappa shape index (κ2) is 12.7. The van der Waals surface area contributed by atoms with Gasteiger partial charge in [0.25, 0.3) is 0 Å². The van der Waals surface area contributed by atoms with Gasteiger partial charge < -0.3 is 4.98 Å². The van der Waals surface area contributed by atoms with Crippen LogP contribution in [0.2, 0.25) is 0 Å². The van der Waals surface area contributed by atoms with Crippen LogP contribution in [-0.4, -0.2) is 15.0 Å². The molecule has 38 heavy (non-hydrogen) atoms. The van der Waals surface area contributed by atoms with Gasteiger partial charge in [-0.25, -0.2) is 0 Å². The number of aromatic nitrogens is 3. The number of nitrogens with zero attached hydrogens (tertiary/aromatic N) is 3. The summed E-state index contributed by atoms with van der Waals surface area (Å²) in [4.78, 5) is 12.9. The van der Waals surface area contributed by atoms with Crippen LogP contribution in [0.1, 0.15) is 25.2 Å². The number of pyridine rings is 3. The molecule has 0 aliphatic carbocycles. The maximum Gasteiger partial charge on any atom is 2.00 e. The molecular weight excluding hydrogens is 673 g/mol. The van der Waals surface area contributed by atoms with Crippen LogP contribution in [0.25, 0.3) is 22.5 Å². The molecule has 0 N–H and O–H groups in total. The SMILES string of the molecule is CC(C)(c1ccccn1)c1ccccn1.Fc1c[c-]c(-c2cccc(-c3[c-]cc(F)cc3F)n2)c(F)c1.[Pt+2]. The van der Waals surface area contributed by atoms with Crippen LogP contribution >= 0.6 is 0 Å². The van der Waals surface area contributed by atoms with Gasteiger partial charge in [0.05, 0.1) is 11.4 Å². The van der Waals surface area contributed by atoms with E-state index in [0.717, 1.165) is 23.5 Å². The Kier molecular flexibility index (Phi) is 9.65. The fourth-order valence-electron chi connectivity index (χ4n) is 3.59. The Morgan fingerprint density at radius 3 is 1.45 bits per heavy atom. The Morgan fingerprint density at radius 2 is 1.08 bits per heavy atom. The molecule has 0 aliphatic heterocycles. The Balaban J connectivity index is 0.000000220. The molecular formula is C30H21F4N3Pt. The second-order valence-corrected chi connectivity index (χ2v) is 8.54. The standard InChI is InChI=1S/C17H7F4N.C13H14N2.Pt/c18-10-4-6-12(14(20)8-10)16-2-1-3-17(22-16)13-7-5-11(19)9-15(13)21;1-13(2,11-7-3-5-9-14-11)12-8-4-6-10-15-12;/h1-5,8-9H;3-10H,1-2H3;/q-2;;+2. The summed E-state index contributed by atoms with van der Waals surface area (Å²) >= 11 is 0. The molecule has 5 rings (SSSR count). The van der Waals surface area contributed by atoms with Gasteiger partial charge in [-0.2, -0.15) is 0 Å². The second-order valence-electron chi connectivity index (χ2n) is 8.54. The molecule has 0 saturated heterocycles. The van der Waals surface area contributed by atoms with Gasteiger partial charge in [-0.05, 0) is 49.5 Å². The van der Waals surface area contributed by atoms with E-state index in [2.05, 4.69) is 40.9 Å². The van der Waals surface area contributed by atoms with Crippen molar-refractivity contribution in [3.63, 3.8) is 0 Å². The molecule has 0 radical (unpaired) electrons. The van der Waals surface area contributed by atoms with Crippen LogP contribution in [0, 0.1) is 35.4 Å². The third kappa shape index (κ3) is 6.78. The molecule has 3 nitrogen and oxygen atoms in total. The number of benzene rings is 2. The zero-order valence-electron chi connectivity index (χ0n) is 20.3. The molecule has 0 spiro atoms. The molecule has 8 heteroatoms. The van der Waals surface area contributed by atoms with Crippen LogP contribution in [-0.2, 0) is 26.5 Å². The largest absolute Gasteiger partial charge is 2.00 e. The van der Waals surface area contributed by atoms with Crippen LogP contribution in [0.4, 0.5) is 17.6 Å². The van der Waals surface area contributed by atoms with Crippen LogP contribution < -0.4 is 0 Å². The Bertz CT molecular complexity index is 1390. The first-order valence-electron chi connectivity index (χ1n) is 11.3. The summed E-state index contributed by atoms with van der Waals surface area (Å²) in [6, 6.07) is 24.7. The van der Waals surface area contributed by atoms with Gasteiger partial charge in [0, 0.05) is 41.1 Å². The molecule has 0 fully saturated rings. The number of halogens is 4. The summed E-state index contributed by atoms with van der Waals surface area (Å²) in [5, 5.41) is 0. The van der Waals surface area contributed by atoms with Crippen molar-refractivity contribution in [3.05, 3.63) is 138 Å². The Hall–Kier alpha value is -3.70. The Labute approximate surface area is 232 Å². The molecule has 0 saturated carbocycles. The van der Waals surface area contributed by atoms with Gasteiger partial charge >= 0.3 is 21.1 Å².